The number of hydrogen-bond donors (Lipinski definition) is 2. The van der Waals surface area contributed by atoms with Crippen LogP contribution in [0.3, 0.4) is 0 Å². The highest BCUT2D eigenvalue weighted by Crippen LogP contribution is 2.22. The Balaban J connectivity index is 1.64. The van der Waals surface area contributed by atoms with E-state index in [0.29, 0.717) is 16.5 Å². The van der Waals surface area contributed by atoms with Crippen molar-refractivity contribution in [3.05, 3.63) is 69.9 Å². The first-order chi connectivity index (χ1) is 13.0. The van der Waals surface area contributed by atoms with Gasteiger partial charge in [-0.25, -0.2) is 9.97 Å². The Bertz CT molecular complexity index is 1180. The van der Waals surface area contributed by atoms with Gasteiger partial charge in [-0.2, -0.15) is 5.10 Å². The van der Waals surface area contributed by atoms with E-state index in [4.69, 9.17) is 11.6 Å². The van der Waals surface area contributed by atoms with E-state index in [1.807, 2.05) is 38.4 Å². The number of anilines is 1. The van der Waals surface area contributed by atoms with Gasteiger partial charge < -0.3 is 10.3 Å². The summed E-state index contributed by atoms with van der Waals surface area (Å²) in [5.74, 6) is 0.439. The van der Waals surface area contributed by atoms with Crippen LogP contribution in [0, 0.1) is 0 Å². The van der Waals surface area contributed by atoms with Crippen LogP contribution in [-0.2, 0) is 7.05 Å². The number of hydrogen-bond acceptors (Lipinski definition) is 5. The number of aromatic nitrogens is 5. The number of nitrogens with zero attached hydrogens (tertiary/aromatic N) is 4. The van der Waals surface area contributed by atoms with Crippen molar-refractivity contribution in [1.82, 2.24) is 24.7 Å². The lowest BCUT2D eigenvalue weighted by molar-refractivity contribution is 0.768. The van der Waals surface area contributed by atoms with E-state index in [9.17, 15) is 4.79 Å². The second-order valence-corrected chi connectivity index (χ2v) is 6.76. The molecule has 0 saturated heterocycles. The molecule has 0 saturated carbocycles. The van der Waals surface area contributed by atoms with Gasteiger partial charge in [-0.05, 0) is 37.3 Å². The standard InChI is InChI=1S/C19H17ClN6O/c1-11(15-8-12-7-14(20)3-4-16(12)24-18(15)27)23-19-21-6-5-17(25-19)13-9-22-26(2)10-13/h3-11H,1-2H3,(H,24,27)(H,21,23,25). The molecule has 0 bridgehead atoms. The molecule has 0 amide bonds. The predicted octanol–water partition coefficient (Wildman–Crippen LogP) is 3.55. The largest absolute Gasteiger partial charge is 0.347 e. The minimum Gasteiger partial charge on any atom is -0.347 e. The minimum absolute atomic E-state index is 0.159. The van der Waals surface area contributed by atoms with Crippen LogP contribution in [0.25, 0.3) is 22.2 Å². The summed E-state index contributed by atoms with van der Waals surface area (Å²) in [6, 6.07) is 8.73. The zero-order chi connectivity index (χ0) is 19.0. The van der Waals surface area contributed by atoms with E-state index in [1.165, 1.54) is 0 Å². The van der Waals surface area contributed by atoms with E-state index in [-0.39, 0.29) is 11.6 Å². The Hall–Kier alpha value is -3.19. The van der Waals surface area contributed by atoms with Crippen molar-refractivity contribution in [1.29, 1.82) is 0 Å². The lowest BCUT2D eigenvalue weighted by Gasteiger charge is -2.14. The molecule has 136 valence electrons. The Morgan fingerprint density at radius 3 is 2.89 bits per heavy atom. The molecule has 4 rings (SSSR count). The first-order valence-electron chi connectivity index (χ1n) is 8.41. The zero-order valence-electron chi connectivity index (χ0n) is 14.8. The number of aromatic amines is 1. The molecule has 1 aromatic carbocycles. The van der Waals surface area contributed by atoms with Crippen LogP contribution in [0.2, 0.25) is 5.02 Å². The van der Waals surface area contributed by atoms with Crippen molar-refractivity contribution in [2.45, 2.75) is 13.0 Å². The number of fused-ring (bicyclic) bond motifs is 1. The van der Waals surface area contributed by atoms with E-state index >= 15 is 0 Å². The molecule has 7 nitrogen and oxygen atoms in total. The number of nitrogens with one attached hydrogen (secondary N) is 2. The normalized spacial score (nSPS) is 12.3. The molecule has 0 aliphatic heterocycles. The Morgan fingerprint density at radius 2 is 2.11 bits per heavy atom. The molecular formula is C19H17ClN6O. The first-order valence-corrected chi connectivity index (χ1v) is 8.78. The van der Waals surface area contributed by atoms with E-state index in [2.05, 4.69) is 25.4 Å². The molecule has 1 unspecified atom stereocenters. The van der Waals surface area contributed by atoms with Crippen LogP contribution in [0.4, 0.5) is 5.95 Å². The summed E-state index contributed by atoms with van der Waals surface area (Å²) in [5.41, 5.74) is 2.82. The molecule has 0 aliphatic carbocycles. The summed E-state index contributed by atoms with van der Waals surface area (Å²) in [4.78, 5) is 24.1. The molecule has 0 spiro atoms. The fraction of sp³-hybridized carbons (Fsp3) is 0.158. The van der Waals surface area contributed by atoms with Gasteiger partial charge in [0.2, 0.25) is 5.95 Å². The number of halogens is 1. The highest BCUT2D eigenvalue weighted by molar-refractivity contribution is 6.31. The molecule has 0 radical (unpaired) electrons. The quantitative estimate of drug-likeness (QED) is 0.565. The molecule has 3 aromatic heterocycles. The fourth-order valence-electron chi connectivity index (χ4n) is 2.93. The summed E-state index contributed by atoms with van der Waals surface area (Å²) < 4.78 is 1.72. The van der Waals surface area contributed by atoms with Gasteiger partial charge in [-0.15, -0.1) is 0 Å². The van der Waals surface area contributed by atoms with Gasteiger partial charge >= 0.3 is 0 Å². The van der Waals surface area contributed by atoms with Crippen molar-refractivity contribution >= 4 is 28.5 Å². The van der Waals surface area contributed by atoms with Gasteiger partial charge in [0.05, 0.1) is 17.9 Å². The Kier molecular flexibility index (Phi) is 4.37. The SMILES string of the molecule is CC(Nc1nccc(-c2cnn(C)c2)n1)c1cc2cc(Cl)ccc2[nH]c1=O. The van der Waals surface area contributed by atoms with Crippen LogP contribution in [-0.4, -0.2) is 24.7 Å². The highest BCUT2D eigenvalue weighted by atomic mass is 35.5. The van der Waals surface area contributed by atoms with Crippen molar-refractivity contribution in [3.8, 4) is 11.3 Å². The van der Waals surface area contributed by atoms with Crippen molar-refractivity contribution in [2.75, 3.05) is 5.32 Å². The van der Waals surface area contributed by atoms with Gasteiger partial charge in [0.1, 0.15) is 0 Å². The molecule has 4 aromatic rings. The van der Waals surface area contributed by atoms with Crippen LogP contribution in [0.1, 0.15) is 18.5 Å². The van der Waals surface area contributed by atoms with Crippen molar-refractivity contribution in [2.24, 2.45) is 7.05 Å². The van der Waals surface area contributed by atoms with Gasteiger partial charge in [0.15, 0.2) is 0 Å². The monoisotopic (exact) mass is 380 g/mol. The van der Waals surface area contributed by atoms with Gasteiger partial charge in [-0.3, -0.25) is 9.48 Å². The third-order valence-corrected chi connectivity index (χ3v) is 4.54. The number of pyridine rings is 1. The molecule has 0 fully saturated rings. The third kappa shape index (κ3) is 3.54. The molecule has 2 N–H and O–H groups in total. The number of aryl methyl sites for hydroxylation is 1. The first kappa shape index (κ1) is 17.2. The van der Waals surface area contributed by atoms with Crippen LogP contribution >= 0.6 is 11.6 Å². The summed E-state index contributed by atoms with van der Waals surface area (Å²) in [5, 5.41) is 8.84. The maximum atomic E-state index is 12.5. The molecule has 1 atom stereocenters. The van der Waals surface area contributed by atoms with Crippen LogP contribution < -0.4 is 10.9 Å². The highest BCUT2D eigenvalue weighted by Gasteiger charge is 2.13. The van der Waals surface area contributed by atoms with Gasteiger partial charge in [-0.1, -0.05) is 11.6 Å². The smallest absolute Gasteiger partial charge is 0.253 e. The van der Waals surface area contributed by atoms with Gasteiger partial charge in [0.25, 0.3) is 5.56 Å². The predicted molar refractivity (Wildman–Crippen MR) is 106 cm³/mol. The lowest BCUT2D eigenvalue weighted by Crippen LogP contribution is -2.20. The maximum absolute atomic E-state index is 12.5. The summed E-state index contributed by atoms with van der Waals surface area (Å²) in [6.07, 6.45) is 5.30. The van der Waals surface area contributed by atoms with E-state index in [1.54, 1.807) is 29.2 Å². The van der Waals surface area contributed by atoms with Crippen LogP contribution in [0.15, 0.2) is 53.7 Å². The Labute approximate surface area is 160 Å². The van der Waals surface area contributed by atoms with Gasteiger partial charge in [0, 0.05) is 46.5 Å². The molecule has 8 heteroatoms. The van der Waals surface area contributed by atoms with E-state index < -0.39 is 0 Å². The second-order valence-electron chi connectivity index (χ2n) is 6.32. The van der Waals surface area contributed by atoms with E-state index in [0.717, 1.165) is 22.2 Å². The van der Waals surface area contributed by atoms with Crippen LogP contribution in [0.5, 0.6) is 0 Å². The molecule has 0 aliphatic rings. The summed E-state index contributed by atoms with van der Waals surface area (Å²) in [6.45, 7) is 1.89. The number of H-pyrrole nitrogens is 1. The molecule has 27 heavy (non-hydrogen) atoms. The second kappa shape index (κ2) is 6.85. The summed E-state index contributed by atoms with van der Waals surface area (Å²) in [7, 11) is 1.85. The summed E-state index contributed by atoms with van der Waals surface area (Å²) >= 11 is 6.06. The topological polar surface area (TPSA) is 88.5 Å². The van der Waals surface area contributed by atoms with Crippen molar-refractivity contribution < 1.29 is 0 Å². The molecular weight excluding hydrogens is 364 g/mol. The Morgan fingerprint density at radius 1 is 1.26 bits per heavy atom. The number of benzene rings is 1. The number of rotatable bonds is 4. The zero-order valence-corrected chi connectivity index (χ0v) is 15.5. The average molecular weight is 381 g/mol. The molecule has 3 heterocycles. The average Bonchev–Trinajstić information content (AvgIpc) is 3.08. The minimum atomic E-state index is -0.290. The third-order valence-electron chi connectivity index (χ3n) is 4.30. The lowest BCUT2D eigenvalue weighted by atomic mass is 10.1. The fourth-order valence-corrected chi connectivity index (χ4v) is 3.11. The van der Waals surface area contributed by atoms with Crippen molar-refractivity contribution in [3.63, 3.8) is 0 Å². The maximum Gasteiger partial charge on any atom is 0.253 e.